The molecule has 0 bridgehead atoms. The summed E-state index contributed by atoms with van der Waals surface area (Å²) in [7, 11) is 0. The van der Waals surface area contributed by atoms with E-state index in [1.54, 1.807) is 0 Å². The molecular formula is C20H26N4O2. The standard InChI is InChI=1S/C20H26N4O2/c1-14-6-4-7-15(2)20(14)22-18(25)12-21-19(26)13-24-11-10-23-9-5-8-17(23)16(24)3/h4-9,16H,10-13H2,1-3H3,(H,21,26)(H,22,25)/t16-/m1/s1. The van der Waals surface area contributed by atoms with Crippen molar-refractivity contribution >= 4 is 17.5 Å². The molecule has 3 rings (SSSR count). The zero-order valence-corrected chi connectivity index (χ0v) is 15.6. The summed E-state index contributed by atoms with van der Waals surface area (Å²) in [5.74, 6) is -0.343. The van der Waals surface area contributed by atoms with Gasteiger partial charge in [0.2, 0.25) is 11.8 Å². The minimum atomic E-state index is -0.212. The minimum Gasteiger partial charge on any atom is -0.349 e. The Kier molecular flexibility index (Phi) is 5.42. The molecule has 6 nitrogen and oxygen atoms in total. The van der Waals surface area contributed by atoms with Gasteiger partial charge in [0.15, 0.2) is 0 Å². The first kappa shape index (κ1) is 18.2. The monoisotopic (exact) mass is 354 g/mol. The Labute approximate surface area is 154 Å². The molecule has 1 aromatic carbocycles. The normalized spacial score (nSPS) is 16.8. The number of fused-ring (bicyclic) bond motifs is 1. The molecule has 0 unspecified atom stereocenters. The van der Waals surface area contributed by atoms with Crippen LogP contribution in [0.4, 0.5) is 5.69 Å². The summed E-state index contributed by atoms with van der Waals surface area (Å²) in [4.78, 5) is 26.6. The molecule has 2 amide bonds. The average molecular weight is 354 g/mol. The van der Waals surface area contributed by atoms with Gasteiger partial charge in [-0.1, -0.05) is 18.2 Å². The predicted octanol–water partition coefficient (Wildman–Crippen LogP) is 2.24. The SMILES string of the molecule is Cc1cccc(C)c1NC(=O)CNC(=O)CN1CCn2cccc2[C@H]1C. The van der Waals surface area contributed by atoms with Crippen LogP contribution in [0.2, 0.25) is 0 Å². The van der Waals surface area contributed by atoms with Gasteiger partial charge in [-0.25, -0.2) is 0 Å². The topological polar surface area (TPSA) is 66.4 Å². The van der Waals surface area contributed by atoms with Crippen molar-refractivity contribution in [3.63, 3.8) is 0 Å². The van der Waals surface area contributed by atoms with Crippen LogP contribution in [-0.2, 0) is 16.1 Å². The average Bonchev–Trinajstić information content (AvgIpc) is 3.08. The highest BCUT2D eigenvalue weighted by Gasteiger charge is 2.25. The van der Waals surface area contributed by atoms with Gasteiger partial charge in [-0.3, -0.25) is 14.5 Å². The summed E-state index contributed by atoms with van der Waals surface area (Å²) in [5.41, 5.74) is 4.05. The molecule has 1 aromatic heterocycles. The molecule has 2 heterocycles. The van der Waals surface area contributed by atoms with Crippen LogP contribution < -0.4 is 10.6 Å². The van der Waals surface area contributed by atoms with Crippen LogP contribution in [0, 0.1) is 13.8 Å². The van der Waals surface area contributed by atoms with Crippen molar-refractivity contribution < 1.29 is 9.59 Å². The molecule has 2 N–H and O–H groups in total. The second-order valence-electron chi connectivity index (χ2n) is 6.86. The molecule has 26 heavy (non-hydrogen) atoms. The summed E-state index contributed by atoms with van der Waals surface area (Å²) < 4.78 is 2.22. The first-order valence-corrected chi connectivity index (χ1v) is 8.97. The Balaban J connectivity index is 1.49. The fourth-order valence-electron chi connectivity index (χ4n) is 3.46. The number of carbonyl (C=O) groups excluding carboxylic acids is 2. The van der Waals surface area contributed by atoms with Crippen LogP contribution in [0.5, 0.6) is 0 Å². The van der Waals surface area contributed by atoms with E-state index in [0.717, 1.165) is 29.9 Å². The van der Waals surface area contributed by atoms with Gasteiger partial charge in [0, 0.05) is 36.7 Å². The predicted molar refractivity (Wildman–Crippen MR) is 102 cm³/mol. The Morgan fingerprint density at radius 1 is 1.08 bits per heavy atom. The lowest BCUT2D eigenvalue weighted by Crippen LogP contribution is -2.44. The Morgan fingerprint density at radius 2 is 1.81 bits per heavy atom. The summed E-state index contributed by atoms with van der Waals surface area (Å²) in [6, 6.07) is 10.2. The highest BCUT2D eigenvalue weighted by molar-refractivity contribution is 5.95. The van der Waals surface area contributed by atoms with Gasteiger partial charge < -0.3 is 15.2 Å². The number of hydrogen-bond donors (Lipinski definition) is 2. The lowest BCUT2D eigenvalue weighted by Gasteiger charge is -2.34. The Morgan fingerprint density at radius 3 is 2.54 bits per heavy atom. The summed E-state index contributed by atoms with van der Waals surface area (Å²) in [6.07, 6.45) is 2.07. The summed E-state index contributed by atoms with van der Waals surface area (Å²) in [5, 5.41) is 5.61. The first-order valence-electron chi connectivity index (χ1n) is 8.97. The molecule has 1 aliphatic rings. The van der Waals surface area contributed by atoms with Crippen LogP contribution in [0.3, 0.4) is 0 Å². The molecular weight excluding hydrogens is 328 g/mol. The number of nitrogens with one attached hydrogen (secondary N) is 2. The zero-order chi connectivity index (χ0) is 18.7. The van der Waals surface area contributed by atoms with Gasteiger partial charge in [-0.2, -0.15) is 0 Å². The quantitative estimate of drug-likeness (QED) is 0.865. The highest BCUT2D eigenvalue weighted by atomic mass is 16.2. The molecule has 0 fully saturated rings. The molecule has 0 saturated carbocycles. The van der Waals surface area contributed by atoms with Crippen molar-refractivity contribution in [1.82, 2.24) is 14.8 Å². The van der Waals surface area contributed by atoms with Crippen LogP contribution >= 0.6 is 0 Å². The fourth-order valence-corrected chi connectivity index (χ4v) is 3.46. The maximum absolute atomic E-state index is 12.3. The van der Waals surface area contributed by atoms with E-state index < -0.39 is 0 Å². The van der Waals surface area contributed by atoms with E-state index in [0.29, 0.717) is 6.54 Å². The number of para-hydroxylation sites is 1. The van der Waals surface area contributed by atoms with E-state index in [4.69, 9.17) is 0 Å². The van der Waals surface area contributed by atoms with E-state index >= 15 is 0 Å². The third-order valence-electron chi connectivity index (χ3n) is 5.01. The number of carbonyl (C=O) groups is 2. The largest absolute Gasteiger partial charge is 0.349 e. The van der Waals surface area contributed by atoms with Crippen molar-refractivity contribution in [2.75, 3.05) is 25.0 Å². The molecule has 2 aromatic rings. The van der Waals surface area contributed by atoms with Crippen LogP contribution in [-0.4, -0.2) is 40.9 Å². The summed E-state index contributed by atoms with van der Waals surface area (Å²) in [6.45, 7) is 7.99. The van der Waals surface area contributed by atoms with E-state index in [1.165, 1.54) is 5.69 Å². The number of hydrogen-bond acceptors (Lipinski definition) is 3. The number of rotatable bonds is 5. The van der Waals surface area contributed by atoms with Crippen molar-refractivity contribution in [3.05, 3.63) is 53.3 Å². The molecule has 138 valence electrons. The van der Waals surface area contributed by atoms with Crippen LogP contribution in [0.1, 0.15) is 29.8 Å². The smallest absolute Gasteiger partial charge is 0.243 e. The maximum Gasteiger partial charge on any atom is 0.243 e. The molecule has 1 atom stereocenters. The third kappa shape index (κ3) is 3.96. The summed E-state index contributed by atoms with van der Waals surface area (Å²) >= 11 is 0. The van der Waals surface area contributed by atoms with E-state index in [-0.39, 0.29) is 24.4 Å². The lowest BCUT2D eigenvalue weighted by molar-refractivity contribution is -0.125. The second-order valence-corrected chi connectivity index (χ2v) is 6.86. The van der Waals surface area contributed by atoms with E-state index in [9.17, 15) is 9.59 Å². The van der Waals surface area contributed by atoms with Gasteiger partial charge in [-0.15, -0.1) is 0 Å². The number of nitrogens with zero attached hydrogens (tertiary/aromatic N) is 2. The van der Waals surface area contributed by atoms with Gasteiger partial charge in [-0.05, 0) is 44.0 Å². The maximum atomic E-state index is 12.3. The van der Waals surface area contributed by atoms with Crippen molar-refractivity contribution in [2.24, 2.45) is 0 Å². The van der Waals surface area contributed by atoms with Gasteiger partial charge in [0.25, 0.3) is 0 Å². The lowest BCUT2D eigenvalue weighted by atomic mass is 10.1. The fraction of sp³-hybridized carbons (Fsp3) is 0.400. The second kappa shape index (κ2) is 7.74. The van der Waals surface area contributed by atoms with E-state index in [1.807, 2.05) is 38.1 Å². The van der Waals surface area contributed by atoms with E-state index in [2.05, 4.69) is 39.3 Å². The zero-order valence-electron chi connectivity index (χ0n) is 15.6. The Bertz CT molecular complexity index is 792. The van der Waals surface area contributed by atoms with Gasteiger partial charge in [0.05, 0.1) is 13.1 Å². The number of anilines is 1. The first-order chi connectivity index (χ1) is 12.5. The van der Waals surface area contributed by atoms with Crippen molar-refractivity contribution in [3.8, 4) is 0 Å². The molecule has 0 spiro atoms. The van der Waals surface area contributed by atoms with Crippen LogP contribution in [0.15, 0.2) is 36.5 Å². The Hall–Kier alpha value is -2.60. The molecule has 0 saturated heterocycles. The van der Waals surface area contributed by atoms with Gasteiger partial charge in [0.1, 0.15) is 0 Å². The number of aryl methyl sites for hydroxylation is 2. The van der Waals surface area contributed by atoms with Crippen LogP contribution in [0.25, 0.3) is 0 Å². The molecule has 0 aliphatic carbocycles. The third-order valence-corrected chi connectivity index (χ3v) is 5.01. The molecule has 0 radical (unpaired) electrons. The number of benzene rings is 1. The highest BCUT2D eigenvalue weighted by Crippen LogP contribution is 2.24. The van der Waals surface area contributed by atoms with Crippen molar-refractivity contribution in [2.45, 2.75) is 33.4 Å². The minimum absolute atomic E-state index is 0.0226. The number of aromatic nitrogens is 1. The molecule has 1 aliphatic heterocycles. The number of amides is 2. The van der Waals surface area contributed by atoms with Gasteiger partial charge >= 0.3 is 0 Å². The van der Waals surface area contributed by atoms with Crippen molar-refractivity contribution in [1.29, 1.82) is 0 Å². The molecule has 6 heteroatoms.